The molecule has 0 aliphatic carbocycles. The van der Waals surface area contributed by atoms with Crippen molar-refractivity contribution in [2.75, 3.05) is 37.5 Å². The molecule has 4 rings (SSSR count). The van der Waals surface area contributed by atoms with Crippen molar-refractivity contribution >= 4 is 33.4 Å². The van der Waals surface area contributed by atoms with E-state index in [1.54, 1.807) is 6.07 Å². The van der Waals surface area contributed by atoms with E-state index in [0.29, 0.717) is 32.2 Å². The third-order valence-electron chi connectivity index (χ3n) is 4.88. The van der Waals surface area contributed by atoms with E-state index in [1.165, 1.54) is 0 Å². The Labute approximate surface area is 193 Å². The quantitative estimate of drug-likeness (QED) is 0.348. The summed E-state index contributed by atoms with van der Waals surface area (Å²) < 4.78 is 17.5. The van der Waals surface area contributed by atoms with Crippen molar-refractivity contribution in [3.8, 4) is 11.5 Å². The highest BCUT2D eigenvalue weighted by Gasteiger charge is 2.11. The molecule has 3 N–H and O–H groups in total. The highest BCUT2D eigenvalue weighted by molar-refractivity contribution is 5.87. The zero-order valence-corrected chi connectivity index (χ0v) is 19.3. The molecule has 2 aromatic carbocycles. The van der Waals surface area contributed by atoms with Gasteiger partial charge < -0.3 is 25.3 Å². The zero-order chi connectivity index (χ0) is 23.3. The molecule has 4 aromatic rings. The second-order valence-electron chi connectivity index (χ2n) is 8.76. The fourth-order valence-electron chi connectivity index (χ4n) is 3.50. The molecule has 0 amide bonds. The number of hydrogen-bond donors (Lipinski definition) is 2. The van der Waals surface area contributed by atoms with Crippen LogP contribution in [0.5, 0.6) is 11.5 Å². The van der Waals surface area contributed by atoms with Crippen LogP contribution in [0.4, 0.5) is 11.6 Å². The Hall–Kier alpha value is -3.58. The first-order chi connectivity index (χ1) is 15.9. The van der Waals surface area contributed by atoms with Crippen LogP contribution >= 0.6 is 0 Å². The number of anilines is 2. The maximum atomic E-state index is 5.95. The van der Waals surface area contributed by atoms with Crippen LogP contribution in [0.1, 0.15) is 20.8 Å². The Morgan fingerprint density at radius 2 is 1.30 bits per heavy atom. The molecule has 0 aliphatic rings. The normalized spacial score (nSPS) is 11.6. The van der Waals surface area contributed by atoms with Crippen molar-refractivity contribution in [3.63, 3.8) is 0 Å². The number of nitrogens with one attached hydrogen (secondary N) is 1. The van der Waals surface area contributed by atoms with Crippen LogP contribution in [0.3, 0.4) is 0 Å². The summed E-state index contributed by atoms with van der Waals surface area (Å²) in [6.45, 7) is 8.13. The summed E-state index contributed by atoms with van der Waals surface area (Å²) in [6.07, 6.45) is 0. The van der Waals surface area contributed by atoms with Gasteiger partial charge in [0.25, 0.3) is 0 Å². The van der Waals surface area contributed by atoms with E-state index in [9.17, 15) is 0 Å². The monoisotopic (exact) mass is 446 g/mol. The van der Waals surface area contributed by atoms with E-state index < -0.39 is 0 Å². The molecule has 0 aliphatic heterocycles. The standard InChI is InChI=1S/C26H30N4O3/c1-26(2,3)30-25-13-11-19-21(29-25)7-5-9-23(19)33-17-15-31-14-16-32-22-8-4-6-20-18(22)10-12-24(27)28-20/h4-13H,14-17H2,1-3H3,(H2,27,28)(H,29,30). The van der Waals surface area contributed by atoms with Gasteiger partial charge >= 0.3 is 0 Å². The minimum absolute atomic E-state index is 0.0473. The van der Waals surface area contributed by atoms with Gasteiger partial charge in [-0.25, -0.2) is 9.97 Å². The lowest BCUT2D eigenvalue weighted by Crippen LogP contribution is -2.26. The van der Waals surface area contributed by atoms with Crippen LogP contribution in [-0.2, 0) is 4.74 Å². The Morgan fingerprint density at radius 3 is 1.91 bits per heavy atom. The molecule has 2 heterocycles. The van der Waals surface area contributed by atoms with Gasteiger partial charge in [0.1, 0.15) is 36.3 Å². The second kappa shape index (κ2) is 9.92. The number of benzene rings is 2. The second-order valence-corrected chi connectivity index (χ2v) is 8.76. The number of fused-ring (bicyclic) bond motifs is 2. The van der Waals surface area contributed by atoms with E-state index >= 15 is 0 Å². The molecule has 0 radical (unpaired) electrons. The lowest BCUT2D eigenvalue weighted by Gasteiger charge is -2.21. The molecule has 33 heavy (non-hydrogen) atoms. The molecular weight excluding hydrogens is 416 g/mol. The average Bonchev–Trinajstić information content (AvgIpc) is 2.77. The lowest BCUT2D eigenvalue weighted by molar-refractivity contribution is 0.0771. The Kier molecular flexibility index (Phi) is 6.79. The minimum atomic E-state index is -0.0473. The number of pyridine rings is 2. The van der Waals surface area contributed by atoms with Gasteiger partial charge in [-0.2, -0.15) is 0 Å². The highest BCUT2D eigenvalue weighted by Crippen LogP contribution is 2.27. The maximum absolute atomic E-state index is 5.95. The van der Waals surface area contributed by atoms with Crippen molar-refractivity contribution in [1.29, 1.82) is 0 Å². The summed E-state index contributed by atoms with van der Waals surface area (Å²) in [4.78, 5) is 9.01. The van der Waals surface area contributed by atoms with Crippen LogP contribution in [0, 0.1) is 0 Å². The Morgan fingerprint density at radius 1 is 0.727 bits per heavy atom. The van der Waals surface area contributed by atoms with Crippen LogP contribution in [0.25, 0.3) is 21.8 Å². The van der Waals surface area contributed by atoms with E-state index in [4.69, 9.17) is 24.9 Å². The smallest absolute Gasteiger partial charge is 0.128 e. The van der Waals surface area contributed by atoms with Gasteiger partial charge in [-0.05, 0) is 69.3 Å². The Balaban J connectivity index is 1.24. The largest absolute Gasteiger partial charge is 0.490 e. The van der Waals surface area contributed by atoms with Gasteiger partial charge in [0.2, 0.25) is 0 Å². The topological polar surface area (TPSA) is 91.5 Å². The summed E-state index contributed by atoms with van der Waals surface area (Å²) in [7, 11) is 0. The van der Waals surface area contributed by atoms with Gasteiger partial charge in [0.05, 0.1) is 24.2 Å². The number of nitrogen functional groups attached to an aromatic ring is 1. The summed E-state index contributed by atoms with van der Waals surface area (Å²) in [6, 6.07) is 19.3. The maximum Gasteiger partial charge on any atom is 0.128 e. The van der Waals surface area contributed by atoms with Gasteiger partial charge in [-0.3, -0.25) is 0 Å². The first kappa shape index (κ1) is 22.6. The molecule has 0 atom stereocenters. The molecule has 2 aromatic heterocycles. The van der Waals surface area contributed by atoms with Crippen molar-refractivity contribution in [2.24, 2.45) is 0 Å². The van der Waals surface area contributed by atoms with Crippen molar-refractivity contribution < 1.29 is 14.2 Å². The van der Waals surface area contributed by atoms with Crippen molar-refractivity contribution in [3.05, 3.63) is 60.7 Å². The van der Waals surface area contributed by atoms with E-state index in [2.05, 4.69) is 31.1 Å². The van der Waals surface area contributed by atoms with Crippen molar-refractivity contribution in [1.82, 2.24) is 9.97 Å². The predicted molar refractivity (Wildman–Crippen MR) is 133 cm³/mol. The number of aromatic nitrogens is 2. The highest BCUT2D eigenvalue weighted by atomic mass is 16.5. The third kappa shape index (κ3) is 6.02. The summed E-state index contributed by atoms with van der Waals surface area (Å²) >= 11 is 0. The number of rotatable bonds is 9. The summed E-state index contributed by atoms with van der Waals surface area (Å²) in [5, 5.41) is 5.30. The predicted octanol–water partition coefficient (Wildman–Crippen LogP) is 5.05. The summed E-state index contributed by atoms with van der Waals surface area (Å²) in [5.41, 5.74) is 7.41. The molecular formula is C26H30N4O3. The molecule has 0 saturated heterocycles. The molecule has 0 unspecified atom stereocenters. The SMILES string of the molecule is CC(C)(C)Nc1ccc2c(OCCOCCOc3cccc4nc(N)ccc34)cccc2n1. The third-order valence-corrected chi connectivity index (χ3v) is 4.88. The lowest BCUT2D eigenvalue weighted by atomic mass is 10.1. The van der Waals surface area contributed by atoms with Crippen LogP contribution < -0.4 is 20.5 Å². The molecule has 0 saturated carbocycles. The zero-order valence-electron chi connectivity index (χ0n) is 19.3. The fourth-order valence-corrected chi connectivity index (χ4v) is 3.50. The van der Waals surface area contributed by atoms with E-state index in [0.717, 1.165) is 39.1 Å². The number of ether oxygens (including phenoxy) is 3. The number of nitrogens with zero attached hydrogens (tertiary/aromatic N) is 2. The Bertz CT molecular complexity index is 1240. The van der Waals surface area contributed by atoms with Crippen LogP contribution in [0.15, 0.2) is 60.7 Å². The first-order valence-corrected chi connectivity index (χ1v) is 11.1. The number of nitrogens with two attached hydrogens (primary N) is 1. The fraction of sp³-hybridized carbons (Fsp3) is 0.308. The molecule has 0 spiro atoms. The molecule has 7 nitrogen and oxygen atoms in total. The molecule has 7 heteroatoms. The molecule has 0 fully saturated rings. The van der Waals surface area contributed by atoms with Gasteiger partial charge in [0, 0.05) is 16.3 Å². The van der Waals surface area contributed by atoms with Gasteiger partial charge in [0.15, 0.2) is 0 Å². The minimum Gasteiger partial charge on any atom is -0.490 e. The summed E-state index contributed by atoms with van der Waals surface area (Å²) in [5.74, 6) is 2.90. The van der Waals surface area contributed by atoms with Crippen LogP contribution in [-0.4, -0.2) is 41.9 Å². The van der Waals surface area contributed by atoms with E-state index in [1.807, 2.05) is 54.6 Å². The average molecular weight is 447 g/mol. The molecule has 0 bridgehead atoms. The molecule has 172 valence electrons. The van der Waals surface area contributed by atoms with Gasteiger partial charge in [-0.1, -0.05) is 12.1 Å². The van der Waals surface area contributed by atoms with Crippen molar-refractivity contribution in [2.45, 2.75) is 26.3 Å². The van der Waals surface area contributed by atoms with E-state index in [-0.39, 0.29) is 5.54 Å². The number of hydrogen-bond acceptors (Lipinski definition) is 7. The first-order valence-electron chi connectivity index (χ1n) is 11.1. The van der Waals surface area contributed by atoms with Crippen LogP contribution in [0.2, 0.25) is 0 Å². The van der Waals surface area contributed by atoms with Gasteiger partial charge in [-0.15, -0.1) is 0 Å².